The van der Waals surface area contributed by atoms with Gasteiger partial charge in [-0.1, -0.05) is 60.1 Å². The molecule has 1 aliphatic rings. The lowest BCUT2D eigenvalue weighted by Gasteiger charge is -2.07. The van der Waals surface area contributed by atoms with Gasteiger partial charge in [-0.2, -0.15) is 0 Å². The molecule has 0 saturated carbocycles. The minimum Gasteiger partial charge on any atom is -0.0833 e. The van der Waals surface area contributed by atoms with E-state index < -0.39 is 0 Å². The summed E-state index contributed by atoms with van der Waals surface area (Å²) in [5.74, 6) is 0. The summed E-state index contributed by atoms with van der Waals surface area (Å²) < 4.78 is 0. The van der Waals surface area contributed by atoms with Gasteiger partial charge < -0.3 is 0 Å². The molecule has 0 fully saturated rings. The van der Waals surface area contributed by atoms with Gasteiger partial charge in [0, 0.05) is 11.8 Å². The predicted octanol–water partition coefficient (Wildman–Crippen LogP) is 5.06. The van der Waals surface area contributed by atoms with Crippen LogP contribution in [0.2, 0.25) is 5.02 Å². The smallest absolute Gasteiger partial charge is 0.0525 e. The topological polar surface area (TPSA) is 0 Å². The highest BCUT2D eigenvalue weighted by molar-refractivity contribution is 6.37. The van der Waals surface area contributed by atoms with Crippen molar-refractivity contribution in [2.24, 2.45) is 0 Å². The molecule has 0 nitrogen and oxygen atoms in total. The highest BCUT2D eigenvalue weighted by atomic mass is 35.5. The third-order valence-corrected chi connectivity index (χ3v) is 4.19. The maximum Gasteiger partial charge on any atom is 0.0525 e. The van der Waals surface area contributed by atoms with Crippen LogP contribution >= 0.6 is 11.6 Å². The van der Waals surface area contributed by atoms with Crippen molar-refractivity contribution in [1.82, 2.24) is 0 Å². The molecule has 1 heteroatoms. The van der Waals surface area contributed by atoms with Gasteiger partial charge in [-0.25, -0.2) is 0 Å². The van der Waals surface area contributed by atoms with E-state index in [4.69, 9.17) is 11.6 Å². The average Bonchev–Trinajstić information content (AvgIpc) is 2.79. The van der Waals surface area contributed by atoms with Crippen LogP contribution in [-0.2, 0) is 6.42 Å². The summed E-state index contributed by atoms with van der Waals surface area (Å²) in [6, 6.07) is 19.2. The Hall–Kier alpha value is -1.79. The van der Waals surface area contributed by atoms with Crippen LogP contribution in [0.15, 0.2) is 54.6 Å². The predicted molar refractivity (Wildman–Crippen MR) is 77.2 cm³/mol. The molecule has 3 aromatic carbocycles. The first-order chi connectivity index (χ1) is 8.84. The summed E-state index contributed by atoms with van der Waals surface area (Å²) >= 11 is 6.58. The van der Waals surface area contributed by atoms with Gasteiger partial charge in [-0.3, -0.25) is 0 Å². The van der Waals surface area contributed by atoms with Crippen LogP contribution in [0.4, 0.5) is 0 Å². The average molecular weight is 251 g/mol. The Labute approximate surface area is 111 Å². The molecule has 86 valence electrons. The van der Waals surface area contributed by atoms with Crippen LogP contribution in [0.5, 0.6) is 0 Å². The minimum atomic E-state index is 0.916. The summed E-state index contributed by atoms with van der Waals surface area (Å²) in [4.78, 5) is 0. The van der Waals surface area contributed by atoms with Crippen LogP contribution < -0.4 is 0 Å². The van der Waals surface area contributed by atoms with Gasteiger partial charge in [0.1, 0.15) is 0 Å². The van der Waals surface area contributed by atoms with Crippen molar-refractivity contribution in [2.75, 3.05) is 0 Å². The molecular formula is C17H11Cl. The number of rotatable bonds is 0. The first kappa shape index (κ1) is 10.2. The molecule has 4 rings (SSSR count). The first-order valence-electron chi connectivity index (χ1n) is 6.13. The summed E-state index contributed by atoms with van der Waals surface area (Å²) in [7, 11) is 0. The third kappa shape index (κ3) is 1.27. The summed E-state index contributed by atoms with van der Waals surface area (Å²) in [6.45, 7) is 0. The molecule has 0 aliphatic heterocycles. The van der Waals surface area contributed by atoms with Gasteiger partial charge in [0.05, 0.1) is 5.02 Å². The fourth-order valence-corrected chi connectivity index (χ4v) is 3.23. The molecule has 0 unspecified atom stereocenters. The van der Waals surface area contributed by atoms with E-state index in [0.717, 1.165) is 16.8 Å². The van der Waals surface area contributed by atoms with Crippen LogP contribution in [0.25, 0.3) is 21.9 Å². The first-order valence-corrected chi connectivity index (χ1v) is 6.51. The van der Waals surface area contributed by atoms with Gasteiger partial charge in [-0.15, -0.1) is 0 Å². The van der Waals surface area contributed by atoms with Crippen LogP contribution in [0.3, 0.4) is 0 Å². The second-order valence-corrected chi connectivity index (χ2v) is 5.15. The standard InChI is InChI=1S/C17H11Cl/c18-17-14-8-4-2-6-12(14)9-15-13-7-3-1-5-11(13)10-16(15)17/h1-9H,10H2. The van der Waals surface area contributed by atoms with E-state index in [0.29, 0.717) is 0 Å². The molecule has 0 amide bonds. The van der Waals surface area contributed by atoms with Crippen molar-refractivity contribution >= 4 is 22.4 Å². The van der Waals surface area contributed by atoms with Crippen molar-refractivity contribution in [1.29, 1.82) is 0 Å². The molecule has 0 atom stereocenters. The van der Waals surface area contributed by atoms with E-state index >= 15 is 0 Å². The molecule has 0 aromatic heterocycles. The molecule has 3 aromatic rings. The molecule has 0 N–H and O–H groups in total. The fraction of sp³-hybridized carbons (Fsp3) is 0.0588. The quantitative estimate of drug-likeness (QED) is 0.409. The van der Waals surface area contributed by atoms with Crippen LogP contribution in [0.1, 0.15) is 11.1 Å². The highest BCUT2D eigenvalue weighted by Gasteiger charge is 2.21. The fourth-order valence-electron chi connectivity index (χ4n) is 2.89. The normalized spacial score (nSPS) is 12.5. The Morgan fingerprint density at radius 3 is 2.56 bits per heavy atom. The number of halogens is 1. The SMILES string of the molecule is Clc1c2c(cc3ccccc13)-c1ccccc1C2. The largest absolute Gasteiger partial charge is 0.0833 e. The lowest BCUT2D eigenvalue weighted by molar-refractivity contribution is 1.27. The Balaban J connectivity index is 2.13. The van der Waals surface area contributed by atoms with Crippen LogP contribution in [0, 0.1) is 0 Å². The Kier molecular flexibility index (Phi) is 2.03. The molecular weight excluding hydrogens is 240 g/mol. The zero-order valence-electron chi connectivity index (χ0n) is 9.78. The van der Waals surface area contributed by atoms with E-state index in [2.05, 4.69) is 48.5 Å². The zero-order valence-corrected chi connectivity index (χ0v) is 10.5. The van der Waals surface area contributed by atoms with E-state index in [1.54, 1.807) is 0 Å². The maximum absolute atomic E-state index is 6.58. The summed E-state index contributed by atoms with van der Waals surface area (Å²) in [5, 5.41) is 3.29. The van der Waals surface area contributed by atoms with E-state index in [1.165, 1.54) is 27.6 Å². The molecule has 18 heavy (non-hydrogen) atoms. The van der Waals surface area contributed by atoms with E-state index in [9.17, 15) is 0 Å². The van der Waals surface area contributed by atoms with Crippen molar-refractivity contribution in [3.8, 4) is 11.1 Å². The molecule has 0 spiro atoms. The number of fused-ring (bicyclic) bond motifs is 4. The lowest BCUT2D eigenvalue weighted by atomic mass is 10.0. The second kappa shape index (κ2) is 3.60. The summed E-state index contributed by atoms with van der Waals surface area (Å²) in [5.41, 5.74) is 5.29. The second-order valence-electron chi connectivity index (χ2n) is 4.77. The van der Waals surface area contributed by atoms with Crippen molar-refractivity contribution in [2.45, 2.75) is 6.42 Å². The molecule has 0 saturated heterocycles. The number of hydrogen-bond acceptors (Lipinski definition) is 0. The maximum atomic E-state index is 6.58. The Morgan fingerprint density at radius 1 is 0.833 bits per heavy atom. The van der Waals surface area contributed by atoms with Gasteiger partial charge in [0.2, 0.25) is 0 Å². The lowest BCUT2D eigenvalue weighted by Crippen LogP contribution is -1.84. The molecule has 0 heterocycles. The number of benzene rings is 3. The Bertz CT molecular complexity index is 772. The van der Waals surface area contributed by atoms with Gasteiger partial charge >= 0.3 is 0 Å². The van der Waals surface area contributed by atoms with Gasteiger partial charge in [0.25, 0.3) is 0 Å². The Morgan fingerprint density at radius 2 is 1.61 bits per heavy atom. The van der Waals surface area contributed by atoms with Crippen molar-refractivity contribution in [3.05, 3.63) is 70.7 Å². The summed E-state index contributed by atoms with van der Waals surface area (Å²) in [6.07, 6.45) is 0.954. The highest BCUT2D eigenvalue weighted by Crippen LogP contribution is 2.43. The molecule has 1 aliphatic carbocycles. The molecule has 0 bridgehead atoms. The van der Waals surface area contributed by atoms with Crippen molar-refractivity contribution in [3.63, 3.8) is 0 Å². The number of hydrogen-bond donors (Lipinski definition) is 0. The van der Waals surface area contributed by atoms with Crippen molar-refractivity contribution < 1.29 is 0 Å². The third-order valence-electron chi connectivity index (χ3n) is 3.76. The van der Waals surface area contributed by atoms with E-state index in [-0.39, 0.29) is 0 Å². The molecule has 0 radical (unpaired) electrons. The van der Waals surface area contributed by atoms with Gasteiger partial charge in [0.15, 0.2) is 0 Å². The minimum absolute atomic E-state index is 0.916. The zero-order chi connectivity index (χ0) is 12.1. The van der Waals surface area contributed by atoms with Crippen LogP contribution in [-0.4, -0.2) is 0 Å². The van der Waals surface area contributed by atoms with E-state index in [1.807, 2.05) is 6.07 Å². The monoisotopic (exact) mass is 250 g/mol. The van der Waals surface area contributed by atoms with Gasteiger partial charge in [-0.05, 0) is 33.7 Å².